The maximum absolute atomic E-state index is 12.6. The summed E-state index contributed by atoms with van der Waals surface area (Å²) >= 11 is 0. The molecule has 2 saturated heterocycles. The molecule has 0 aliphatic carbocycles. The number of rotatable bonds is 5. The van der Waals surface area contributed by atoms with Gasteiger partial charge in [0, 0.05) is 44.0 Å². The molecule has 4 rings (SSSR count). The van der Waals surface area contributed by atoms with Crippen LogP contribution in [-0.2, 0) is 22.9 Å². The van der Waals surface area contributed by atoms with Crippen molar-refractivity contribution in [1.82, 2.24) is 19.6 Å². The Morgan fingerprint density at radius 3 is 2.50 bits per heavy atom. The molecule has 0 radical (unpaired) electrons. The SMILES string of the molecule is CN(C)[C@@H]1CS(=O)(=O)[C@H]2CN(Cc3ccccc3Cn3cccn3)C[C@@H]12. The topological polar surface area (TPSA) is 58.4 Å². The zero-order valence-electron chi connectivity index (χ0n) is 15.3. The van der Waals surface area contributed by atoms with Crippen molar-refractivity contribution in [2.24, 2.45) is 5.92 Å². The number of benzene rings is 1. The van der Waals surface area contributed by atoms with E-state index in [1.54, 1.807) is 6.20 Å². The summed E-state index contributed by atoms with van der Waals surface area (Å²) in [6, 6.07) is 10.4. The van der Waals surface area contributed by atoms with Crippen LogP contribution in [0.5, 0.6) is 0 Å². The van der Waals surface area contributed by atoms with Crippen LogP contribution in [0.1, 0.15) is 11.1 Å². The summed E-state index contributed by atoms with van der Waals surface area (Å²) < 4.78 is 27.1. The smallest absolute Gasteiger partial charge is 0.156 e. The van der Waals surface area contributed by atoms with Crippen molar-refractivity contribution < 1.29 is 8.42 Å². The molecule has 0 N–H and O–H groups in total. The van der Waals surface area contributed by atoms with Crippen LogP contribution in [0.3, 0.4) is 0 Å². The first kappa shape index (κ1) is 17.7. The van der Waals surface area contributed by atoms with Crippen LogP contribution in [0, 0.1) is 5.92 Å². The predicted octanol–water partition coefficient (Wildman–Crippen LogP) is 1.09. The van der Waals surface area contributed by atoms with Crippen molar-refractivity contribution in [2.45, 2.75) is 24.4 Å². The van der Waals surface area contributed by atoms with Gasteiger partial charge in [0.25, 0.3) is 0 Å². The first-order valence-electron chi connectivity index (χ1n) is 9.08. The Morgan fingerprint density at radius 2 is 1.85 bits per heavy atom. The molecule has 0 unspecified atom stereocenters. The van der Waals surface area contributed by atoms with Crippen molar-refractivity contribution in [1.29, 1.82) is 0 Å². The second-order valence-corrected chi connectivity index (χ2v) is 9.99. The maximum Gasteiger partial charge on any atom is 0.156 e. The minimum atomic E-state index is -2.99. The first-order chi connectivity index (χ1) is 12.4. The fourth-order valence-electron chi connectivity index (χ4n) is 4.45. The van der Waals surface area contributed by atoms with Crippen LogP contribution in [0.15, 0.2) is 42.7 Å². The normalized spacial score (nSPS) is 27.9. The molecule has 1 aromatic heterocycles. The Balaban J connectivity index is 1.51. The number of fused-ring (bicyclic) bond motifs is 1. The van der Waals surface area contributed by atoms with Gasteiger partial charge in [-0.3, -0.25) is 9.58 Å². The summed E-state index contributed by atoms with van der Waals surface area (Å²) in [5.41, 5.74) is 2.49. The van der Waals surface area contributed by atoms with E-state index in [1.165, 1.54) is 11.1 Å². The molecule has 2 aliphatic rings. The van der Waals surface area contributed by atoms with E-state index in [0.717, 1.165) is 19.6 Å². The van der Waals surface area contributed by atoms with E-state index in [9.17, 15) is 8.42 Å². The Hall–Kier alpha value is -1.70. The van der Waals surface area contributed by atoms with Gasteiger partial charge in [0.15, 0.2) is 9.84 Å². The van der Waals surface area contributed by atoms with Crippen LogP contribution in [0.2, 0.25) is 0 Å². The van der Waals surface area contributed by atoms with Crippen molar-refractivity contribution in [3.8, 4) is 0 Å². The van der Waals surface area contributed by atoms with Crippen molar-refractivity contribution in [3.63, 3.8) is 0 Å². The summed E-state index contributed by atoms with van der Waals surface area (Å²) in [7, 11) is 0.990. The highest BCUT2D eigenvalue weighted by Gasteiger charge is 2.52. The van der Waals surface area contributed by atoms with E-state index in [0.29, 0.717) is 12.3 Å². The zero-order chi connectivity index (χ0) is 18.3. The summed E-state index contributed by atoms with van der Waals surface area (Å²) in [5, 5.41) is 4.08. The van der Waals surface area contributed by atoms with E-state index < -0.39 is 9.84 Å². The quantitative estimate of drug-likeness (QED) is 0.784. The number of nitrogens with zero attached hydrogens (tertiary/aromatic N) is 4. The second-order valence-electron chi connectivity index (χ2n) is 7.73. The van der Waals surface area contributed by atoms with E-state index in [-0.39, 0.29) is 17.2 Å². The van der Waals surface area contributed by atoms with Gasteiger partial charge < -0.3 is 4.90 Å². The molecular formula is C19H26N4O2S. The van der Waals surface area contributed by atoms with Crippen molar-refractivity contribution in [2.75, 3.05) is 32.9 Å². The van der Waals surface area contributed by atoms with Gasteiger partial charge in [-0.15, -0.1) is 0 Å². The molecule has 2 aromatic rings. The van der Waals surface area contributed by atoms with E-state index in [2.05, 4.69) is 33.1 Å². The van der Waals surface area contributed by atoms with Gasteiger partial charge in [-0.2, -0.15) is 5.10 Å². The van der Waals surface area contributed by atoms with Crippen LogP contribution in [0.25, 0.3) is 0 Å². The van der Waals surface area contributed by atoms with E-state index in [1.807, 2.05) is 37.1 Å². The lowest BCUT2D eigenvalue weighted by molar-refractivity contribution is 0.229. The van der Waals surface area contributed by atoms with Crippen LogP contribution in [0.4, 0.5) is 0 Å². The molecule has 3 heterocycles. The van der Waals surface area contributed by atoms with Gasteiger partial charge in [0.2, 0.25) is 0 Å². The fourth-order valence-corrected chi connectivity index (χ4v) is 6.96. The average molecular weight is 375 g/mol. The number of hydrogen-bond acceptors (Lipinski definition) is 5. The molecular weight excluding hydrogens is 348 g/mol. The monoisotopic (exact) mass is 374 g/mol. The lowest BCUT2D eigenvalue weighted by Gasteiger charge is -2.25. The van der Waals surface area contributed by atoms with Crippen LogP contribution >= 0.6 is 0 Å². The predicted molar refractivity (Wildman–Crippen MR) is 102 cm³/mol. The lowest BCUT2D eigenvalue weighted by Crippen LogP contribution is -2.37. The lowest BCUT2D eigenvalue weighted by atomic mass is 10.00. The minimum absolute atomic E-state index is 0.134. The third-order valence-electron chi connectivity index (χ3n) is 5.81. The molecule has 0 saturated carbocycles. The van der Waals surface area contributed by atoms with E-state index in [4.69, 9.17) is 0 Å². The summed E-state index contributed by atoms with van der Waals surface area (Å²) in [4.78, 5) is 4.39. The second kappa shape index (κ2) is 6.79. The van der Waals surface area contributed by atoms with Crippen molar-refractivity contribution in [3.05, 3.63) is 53.9 Å². The molecule has 1 aromatic carbocycles. The molecule has 2 aliphatic heterocycles. The molecule has 7 heteroatoms. The van der Waals surface area contributed by atoms with Gasteiger partial charge in [-0.05, 0) is 31.3 Å². The van der Waals surface area contributed by atoms with Gasteiger partial charge in [0.05, 0.1) is 17.5 Å². The molecule has 0 spiro atoms. The number of hydrogen-bond donors (Lipinski definition) is 0. The Kier molecular flexibility index (Phi) is 4.62. The highest BCUT2D eigenvalue weighted by Crippen LogP contribution is 2.36. The van der Waals surface area contributed by atoms with Gasteiger partial charge in [-0.1, -0.05) is 24.3 Å². The van der Waals surface area contributed by atoms with Gasteiger partial charge in [0.1, 0.15) is 0 Å². The summed E-state index contributed by atoms with van der Waals surface area (Å²) in [5.74, 6) is 0.521. The maximum atomic E-state index is 12.6. The highest BCUT2D eigenvalue weighted by molar-refractivity contribution is 7.92. The Morgan fingerprint density at radius 1 is 1.12 bits per heavy atom. The molecule has 3 atom stereocenters. The van der Waals surface area contributed by atoms with E-state index >= 15 is 0 Å². The Bertz CT molecular complexity index is 863. The Labute approximate surface area is 155 Å². The van der Waals surface area contributed by atoms with Crippen LogP contribution < -0.4 is 0 Å². The molecule has 140 valence electrons. The summed E-state index contributed by atoms with van der Waals surface area (Å²) in [6.45, 7) is 3.03. The molecule has 0 amide bonds. The van der Waals surface area contributed by atoms with Crippen LogP contribution in [-0.4, -0.2) is 72.2 Å². The standard InChI is InChI=1S/C19H26N4O2S/c1-21(2)18-14-26(24,25)19-13-22(12-17(18)19)10-15-6-3-4-7-16(15)11-23-9-5-8-20-23/h3-9,17-19H,10-14H2,1-2H3/t17-,18+,19-/m0/s1. The number of sulfone groups is 1. The third-order valence-corrected chi connectivity index (χ3v) is 8.04. The van der Waals surface area contributed by atoms with Crippen molar-refractivity contribution >= 4 is 9.84 Å². The first-order valence-corrected chi connectivity index (χ1v) is 10.8. The van der Waals surface area contributed by atoms with Gasteiger partial charge >= 0.3 is 0 Å². The number of likely N-dealkylation sites (tertiary alicyclic amines) is 1. The molecule has 2 fully saturated rings. The fraction of sp³-hybridized carbons (Fsp3) is 0.526. The third kappa shape index (κ3) is 3.31. The minimum Gasteiger partial charge on any atom is -0.305 e. The molecule has 0 bridgehead atoms. The zero-order valence-corrected chi connectivity index (χ0v) is 16.1. The number of aromatic nitrogens is 2. The molecule has 26 heavy (non-hydrogen) atoms. The highest BCUT2D eigenvalue weighted by atomic mass is 32.2. The summed E-state index contributed by atoms with van der Waals surface area (Å²) in [6.07, 6.45) is 3.75. The van der Waals surface area contributed by atoms with Gasteiger partial charge in [-0.25, -0.2) is 8.42 Å². The average Bonchev–Trinajstić information content (AvgIpc) is 3.28. The largest absolute Gasteiger partial charge is 0.305 e. The molecule has 6 nitrogen and oxygen atoms in total.